The zero-order valence-electron chi connectivity index (χ0n) is 17.1. The van der Waals surface area contributed by atoms with E-state index in [-0.39, 0.29) is 16.2 Å². The van der Waals surface area contributed by atoms with Gasteiger partial charge in [-0.05, 0) is 87.7 Å². The predicted molar refractivity (Wildman–Crippen MR) is 110 cm³/mol. The molecule has 0 saturated heterocycles. The minimum absolute atomic E-state index is 0.0794. The summed E-state index contributed by atoms with van der Waals surface area (Å²) in [6.07, 6.45) is 6.68. The Balaban J connectivity index is 1.50. The van der Waals surface area contributed by atoms with Crippen LogP contribution in [0.1, 0.15) is 62.7 Å². The summed E-state index contributed by atoms with van der Waals surface area (Å²) >= 11 is 0. The zero-order valence-corrected chi connectivity index (χ0v) is 17.9. The van der Waals surface area contributed by atoms with Crippen LogP contribution in [0.5, 0.6) is 0 Å². The van der Waals surface area contributed by atoms with E-state index in [9.17, 15) is 18.0 Å². The van der Waals surface area contributed by atoms with Gasteiger partial charge < -0.3 is 5.73 Å². The average molecular weight is 419 g/mol. The maximum absolute atomic E-state index is 13.2. The molecular weight excluding hydrogens is 388 g/mol. The molecule has 6 nitrogen and oxygen atoms in total. The van der Waals surface area contributed by atoms with E-state index < -0.39 is 21.5 Å². The molecule has 4 fully saturated rings. The van der Waals surface area contributed by atoms with E-state index >= 15 is 0 Å². The van der Waals surface area contributed by atoms with Gasteiger partial charge in [0.25, 0.3) is 0 Å². The summed E-state index contributed by atoms with van der Waals surface area (Å²) in [4.78, 5) is 24.6. The van der Waals surface area contributed by atoms with Crippen LogP contribution < -0.4 is 10.5 Å². The molecule has 5 rings (SSSR count). The molecule has 1 aromatic carbocycles. The van der Waals surface area contributed by atoms with Gasteiger partial charge in [-0.1, -0.05) is 12.1 Å². The second kappa shape index (κ2) is 7.20. The van der Waals surface area contributed by atoms with Crippen molar-refractivity contribution in [3.63, 3.8) is 0 Å². The van der Waals surface area contributed by atoms with Gasteiger partial charge in [0.05, 0.1) is 16.0 Å². The summed E-state index contributed by atoms with van der Waals surface area (Å²) in [6, 6.07) is 5.80. The van der Waals surface area contributed by atoms with E-state index in [1.807, 2.05) is 0 Å². The maximum Gasteiger partial charge on any atom is 0.250 e. The third-order valence-corrected chi connectivity index (χ3v) is 9.09. The lowest BCUT2D eigenvalue weighted by atomic mass is 9.51. The smallest absolute Gasteiger partial charge is 0.250 e. The molecule has 158 valence electrons. The maximum atomic E-state index is 13.2. The van der Waals surface area contributed by atoms with Crippen molar-refractivity contribution in [2.45, 2.75) is 62.8 Å². The first-order chi connectivity index (χ1) is 13.6. The number of nitrogens with two attached hydrogens (primary N) is 1. The molecule has 1 amide bonds. The van der Waals surface area contributed by atoms with E-state index in [4.69, 9.17) is 5.73 Å². The van der Waals surface area contributed by atoms with Gasteiger partial charge in [0.2, 0.25) is 15.9 Å². The highest BCUT2D eigenvalue weighted by Gasteiger charge is 2.49. The number of hydrogen-bond acceptors (Lipinski definition) is 4. The van der Waals surface area contributed by atoms with Gasteiger partial charge in [0.15, 0.2) is 5.78 Å². The fraction of sp³-hybridized carbons (Fsp3) is 0.636. The summed E-state index contributed by atoms with van der Waals surface area (Å²) < 4.78 is 28.4. The van der Waals surface area contributed by atoms with Gasteiger partial charge in [-0.3, -0.25) is 9.59 Å². The van der Waals surface area contributed by atoms with Crippen LogP contribution in [0.2, 0.25) is 0 Å². The molecule has 0 radical (unpaired) electrons. The van der Waals surface area contributed by atoms with E-state index in [2.05, 4.69) is 4.72 Å². The Morgan fingerprint density at radius 3 is 2.14 bits per heavy atom. The van der Waals surface area contributed by atoms with Gasteiger partial charge >= 0.3 is 0 Å². The van der Waals surface area contributed by atoms with Crippen molar-refractivity contribution in [3.05, 3.63) is 29.8 Å². The van der Waals surface area contributed by atoms with Crippen LogP contribution in [0.3, 0.4) is 0 Å². The van der Waals surface area contributed by atoms with Gasteiger partial charge in [0, 0.05) is 6.42 Å². The Labute approximate surface area is 172 Å². The second-order valence-corrected chi connectivity index (χ2v) is 11.5. The number of carbonyl (C=O) groups is 2. The van der Waals surface area contributed by atoms with Crippen LogP contribution in [0, 0.1) is 29.6 Å². The second-order valence-electron chi connectivity index (χ2n) is 9.81. The number of sulfonamides is 1. The molecule has 4 saturated carbocycles. The summed E-state index contributed by atoms with van der Waals surface area (Å²) in [5.74, 6) is 2.36. The third kappa shape index (κ3) is 3.87. The van der Waals surface area contributed by atoms with Crippen LogP contribution >= 0.6 is 0 Å². The molecule has 7 heteroatoms. The summed E-state index contributed by atoms with van der Waals surface area (Å²) in [6.45, 7) is 3.21. The fourth-order valence-corrected chi connectivity index (χ4v) is 7.80. The molecule has 0 spiro atoms. The van der Waals surface area contributed by atoms with Gasteiger partial charge in [-0.25, -0.2) is 8.42 Å². The molecular formula is C22H30N2O4S. The van der Waals surface area contributed by atoms with Crippen molar-refractivity contribution in [3.8, 4) is 0 Å². The average Bonchev–Trinajstić information content (AvgIpc) is 2.63. The summed E-state index contributed by atoms with van der Waals surface area (Å²) in [5.41, 5.74) is 4.00. The van der Waals surface area contributed by atoms with Gasteiger partial charge in [0.1, 0.15) is 0 Å². The van der Waals surface area contributed by atoms with Gasteiger partial charge in [-0.15, -0.1) is 0 Å². The monoisotopic (exact) mass is 418 g/mol. The standard InChI is InChI=1S/C22H30N2O4S/c1-22(2,24-29(27,28)19-6-4-3-5-17(19)21(23)26)20(25)12-18-15-8-13-7-14(10-15)11-16(18)9-13/h3-6,13-16,18,24H,7-12H2,1-2H3,(H2,23,26). The topological polar surface area (TPSA) is 106 Å². The number of amides is 1. The normalized spacial score (nSPS) is 31.0. The quantitative estimate of drug-likeness (QED) is 0.710. The largest absolute Gasteiger partial charge is 0.366 e. The Morgan fingerprint density at radius 1 is 1.03 bits per heavy atom. The minimum atomic E-state index is -4.07. The minimum Gasteiger partial charge on any atom is -0.366 e. The van der Waals surface area contributed by atoms with Crippen molar-refractivity contribution in [1.29, 1.82) is 0 Å². The fourth-order valence-electron chi connectivity index (χ4n) is 6.19. The van der Waals surface area contributed by atoms with E-state index in [0.29, 0.717) is 24.2 Å². The zero-order chi connectivity index (χ0) is 21.0. The molecule has 4 aliphatic carbocycles. The molecule has 29 heavy (non-hydrogen) atoms. The van der Waals surface area contributed by atoms with Crippen molar-refractivity contribution >= 4 is 21.7 Å². The molecule has 0 heterocycles. The molecule has 0 aromatic heterocycles. The molecule has 0 aliphatic heterocycles. The summed E-state index contributed by atoms with van der Waals surface area (Å²) in [5, 5.41) is 0. The van der Waals surface area contributed by atoms with Crippen molar-refractivity contribution < 1.29 is 18.0 Å². The number of benzene rings is 1. The SMILES string of the molecule is CC(C)(NS(=O)(=O)c1ccccc1C(N)=O)C(=O)CC1C2CC3CC(C2)CC1C3. The van der Waals surface area contributed by atoms with E-state index in [0.717, 1.165) is 11.8 Å². The van der Waals surface area contributed by atoms with Crippen molar-refractivity contribution in [2.75, 3.05) is 0 Å². The molecule has 4 aliphatic rings. The van der Waals surface area contributed by atoms with Crippen LogP contribution in [-0.2, 0) is 14.8 Å². The summed E-state index contributed by atoms with van der Waals surface area (Å²) in [7, 11) is -4.07. The highest BCUT2D eigenvalue weighted by atomic mass is 32.2. The van der Waals surface area contributed by atoms with Crippen LogP contribution in [-0.4, -0.2) is 25.6 Å². The molecule has 3 N–H and O–H groups in total. The number of primary amides is 1. The Bertz CT molecular complexity index is 910. The number of hydrogen-bond donors (Lipinski definition) is 2. The molecule has 1 aromatic rings. The number of ketones is 1. The molecule has 0 unspecified atom stereocenters. The molecule has 0 atom stereocenters. The highest BCUT2D eigenvalue weighted by Crippen LogP contribution is 2.57. The van der Waals surface area contributed by atoms with E-state index in [1.54, 1.807) is 19.9 Å². The number of Topliss-reactive ketones (excluding diaryl/α,β-unsaturated/α-hetero) is 1. The molecule has 4 bridgehead atoms. The first-order valence-electron chi connectivity index (χ1n) is 10.5. The van der Waals surface area contributed by atoms with Crippen molar-refractivity contribution in [1.82, 2.24) is 4.72 Å². The number of nitrogens with one attached hydrogen (secondary N) is 1. The van der Waals surface area contributed by atoms with Crippen LogP contribution in [0.4, 0.5) is 0 Å². The van der Waals surface area contributed by atoms with Crippen molar-refractivity contribution in [2.24, 2.45) is 35.3 Å². The lowest BCUT2D eigenvalue weighted by Crippen LogP contribution is -2.52. The Hall–Kier alpha value is -1.73. The lowest BCUT2D eigenvalue weighted by molar-refractivity contribution is -0.128. The predicted octanol–water partition coefficient (Wildman–Crippen LogP) is 2.87. The number of rotatable bonds is 7. The lowest BCUT2D eigenvalue weighted by Gasteiger charge is -2.54. The first kappa shape index (κ1) is 20.5. The van der Waals surface area contributed by atoms with Crippen LogP contribution in [0.15, 0.2) is 29.2 Å². The first-order valence-corrected chi connectivity index (χ1v) is 12.0. The number of carbonyl (C=O) groups excluding carboxylic acids is 2. The highest BCUT2D eigenvalue weighted by molar-refractivity contribution is 7.89. The third-order valence-electron chi connectivity index (χ3n) is 7.37. The van der Waals surface area contributed by atoms with E-state index in [1.165, 1.54) is 50.3 Å². The van der Waals surface area contributed by atoms with Crippen LogP contribution in [0.25, 0.3) is 0 Å². The Kier molecular flexibility index (Phi) is 5.10. The Morgan fingerprint density at radius 2 is 1.59 bits per heavy atom. The van der Waals surface area contributed by atoms with Gasteiger partial charge in [-0.2, -0.15) is 4.72 Å².